The first-order valence-electron chi connectivity index (χ1n) is 5.69. The summed E-state index contributed by atoms with van der Waals surface area (Å²) in [5.41, 5.74) is 0. The van der Waals surface area contributed by atoms with Crippen molar-refractivity contribution in [2.24, 2.45) is 5.92 Å². The molecule has 0 saturated carbocycles. The van der Waals surface area contributed by atoms with Crippen LogP contribution in [0.2, 0.25) is 0 Å². The lowest BCUT2D eigenvalue weighted by Gasteiger charge is -2.31. The van der Waals surface area contributed by atoms with Crippen molar-refractivity contribution >= 4 is 5.78 Å². The van der Waals surface area contributed by atoms with Crippen LogP contribution in [-0.2, 0) is 9.53 Å². The molecule has 0 unspecified atom stereocenters. The molecular formula is C11H19NO2. The van der Waals surface area contributed by atoms with Crippen molar-refractivity contribution in [1.29, 1.82) is 0 Å². The Morgan fingerprint density at radius 2 is 2.07 bits per heavy atom. The Hall–Kier alpha value is -0.410. The predicted molar refractivity (Wildman–Crippen MR) is 54.2 cm³/mol. The molecule has 2 saturated heterocycles. The standard InChI is InChI=1S/C11H19NO2/c13-11-4-7-14-9-10(11)8-12-5-2-1-3-6-12/h10H,1-9H2/t10-/m1/s1. The molecule has 2 rings (SSSR count). The largest absolute Gasteiger partial charge is 0.380 e. The van der Waals surface area contributed by atoms with Crippen molar-refractivity contribution in [1.82, 2.24) is 4.90 Å². The van der Waals surface area contributed by atoms with E-state index in [4.69, 9.17) is 4.74 Å². The van der Waals surface area contributed by atoms with Crippen LogP contribution >= 0.6 is 0 Å². The lowest BCUT2D eigenvalue weighted by atomic mass is 9.99. The van der Waals surface area contributed by atoms with Gasteiger partial charge >= 0.3 is 0 Å². The molecule has 80 valence electrons. The summed E-state index contributed by atoms with van der Waals surface area (Å²) in [4.78, 5) is 14.0. The van der Waals surface area contributed by atoms with Crippen molar-refractivity contribution in [2.45, 2.75) is 25.7 Å². The zero-order valence-corrected chi connectivity index (χ0v) is 8.71. The van der Waals surface area contributed by atoms with Crippen molar-refractivity contribution in [2.75, 3.05) is 32.8 Å². The Morgan fingerprint density at radius 3 is 2.79 bits per heavy atom. The number of Topliss-reactive ketones (excluding diaryl/α,β-unsaturated/α-hetero) is 1. The summed E-state index contributed by atoms with van der Waals surface area (Å²) in [6.07, 6.45) is 4.56. The van der Waals surface area contributed by atoms with Crippen LogP contribution in [0.3, 0.4) is 0 Å². The average molecular weight is 197 g/mol. The van der Waals surface area contributed by atoms with Gasteiger partial charge in [0.25, 0.3) is 0 Å². The van der Waals surface area contributed by atoms with E-state index in [0.29, 0.717) is 25.4 Å². The Kier molecular flexibility index (Phi) is 3.54. The molecule has 0 radical (unpaired) electrons. The fraction of sp³-hybridized carbons (Fsp3) is 0.909. The Balaban J connectivity index is 1.79. The van der Waals surface area contributed by atoms with Crippen LogP contribution < -0.4 is 0 Å². The summed E-state index contributed by atoms with van der Waals surface area (Å²) in [6, 6.07) is 0. The number of nitrogens with zero attached hydrogens (tertiary/aromatic N) is 1. The minimum Gasteiger partial charge on any atom is -0.380 e. The third-order valence-electron chi connectivity index (χ3n) is 3.19. The molecule has 0 aromatic carbocycles. The van der Waals surface area contributed by atoms with E-state index in [-0.39, 0.29) is 5.92 Å². The van der Waals surface area contributed by atoms with Crippen LogP contribution in [0.1, 0.15) is 25.7 Å². The number of hydrogen-bond acceptors (Lipinski definition) is 3. The summed E-state index contributed by atoms with van der Waals surface area (Å²) in [7, 11) is 0. The molecular weight excluding hydrogens is 178 g/mol. The highest BCUT2D eigenvalue weighted by atomic mass is 16.5. The van der Waals surface area contributed by atoms with Crippen molar-refractivity contribution < 1.29 is 9.53 Å². The Morgan fingerprint density at radius 1 is 1.29 bits per heavy atom. The van der Waals surface area contributed by atoms with E-state index in [1.165, 1.54) is 32.4 Å². The number of piperidine rings is 1. The third-order valence-corrected chi connectivity index (χ3v) is 3.19. The third kappa shape index (κ3) is 2.55. The zero-order chi connectivity index (χ0) is 9.80. The molecule has 2 aliphatic heterocycles. The minimum atomic E-state index is 0.154. The second-order valence-electron chi connectivity index (χ2n) is 4.35. The summed E-state index contributed by atoms with van der Waals surface area (Å²) in [5.74, 6) is 0.559. The van der Waals surface area contributed by atoms with Gasteiger partial charge in [0.15, 0.2) is 0 Å². The zero-order valence-electron chi connectivity index (χ0n) is 8.71. The van der Waals surface area contributed by atoms with E-state index in [9.17, 15) is 4.79 Å². The first kappa shape index (κ1) is 10.1. The molecule has 2 fully saturated rings. The molecule has 1 atom stereocenters. The molecule has 0 aromatic rings. The molecule has 0 spiro atoms. The van der Waals surface area contributed by atoms with E-state index < -0.39 is 0 Å². The average Bonchev–Trinajstić information content (AvgIpc) is 2.23. The number of ether oxygens (including phenoxy) is 1. The fourth-order valence-electron chi connectivity index (χ4n) is 2.30. The molecule has 2 heterocycles. The molecule has 0 N–H and O–H groups in total. The second kappa shape index (κ2) is 4.89. The van der Waals surface area contributed by atoms with E-state index >= 15 is 0 Å². The van der Waals surface area contributed by atoms with Gasteiger partial charge in [-0.15, -0.1) is 0 Å². The number of likely N-dealkylation sites (tertiary alicyclic amines) is 1. The molecule has 0 bridgehead atoms. The van der Waals surface area contributed by atoms with Gasteiger partial charge in [0.1, 0.15) is 5.78 Å². The van der Waals surface area contributed by atoms with Gasteiger partial charge in [-0.25, -0.2) is 0 Å². The van der Waals surface area contributed by atoms with Gasteiger partial charge in [-0.2, -0.15) is 0 Å². The monoisotopic (exact) mass is 197 g/mol. The first-order valence-corrected chi connectivity index (χ1v) is 5.69. The van der Waals surface area contributed by atoms with Gasteiger partial charge in [-0.1, -0.05) is 6.42 Å². The highest BCUT2D eigenvalue weighted by Crippen LogP contribution is 2.15. The van der Waals surface area contributed by atoms with E-state index in [0.717, 1.165) is 6.54 Å². The second-order valence-corrected chi connectivity index (χ2v) is 4.35. The fourth-order valence-corrected chi connectivity index (χ4v) is 2.30. The van der Waals surface area contributed by atoms with Crippen LogP contribution in [0.15, 0.2) is 0 Å². The molecule has 0 aromatic heterocycles. The molecule has 3 nitrogen and oxygen atoms in total. The van der Waals surface area contributed by atoms with Gasteiger partial charge in [0.2, 0.25) is 0 Å². The van der Waals surface area contributed by atoms with Crippen LogP contribution in [0.25, 0.3) is 0 Å². The van der Waals surface area contributed by atoms with Gasteiger partial charge < -0.3 is 9.64 Å². The van der Waals surface area contributed by atoms with Crippen molar-refractivity contribution in [3.8, 4) is 0 Å². The number of carbonyl (C=O) groups is 1. The quantitative estimate of drug-likeness (QED) is 0.663. The van der Waals surface area contributed by atoms with Crippen molar-refractivity contribution in [3.63, 3.8) is 0 Å². The van der Waals surface area contributed by atoms with E-state index in [2.05, 4.69) is 4.90 Å². The van der Waals surface area contributed by atoms with Gasteiger partial charge in [-0.05, 0) is 25.9 Å². The SMILES string of the molecule is O=C1CCOC[C@H]1CN1CCCCC1. The number of rotatable bonds is 2. The van der Waals surface area contributed by atoms with Crippen LogP contribution in [0.4, 0.5) is 0 Å². The highest BCUT2D eigenvalue weighted by molar-refractivity contribution is 5.82. The summed E-state index contributed by atoms with van der Waals surface area (Å²) in [5, 5.41) is 0. The highest BCUT2D eigenvalue weighted by Gasteiger charge is 2.25. The van der Waals surface area contributed by atoms with Crippen LogP contribution in [0.5, 0.6) is 0 Å². The molecule has 0 aliphatic carbocycles. The molecule has 3 heteroatoms. The van der Waals surface area contributed by atoms with Crippen LogP contribution in [-0.4, -0.2) is 43.5 Å². The maximum atomic E-state index is 11.6. The van der Waals surface area contributed by atoms with E-state index in [1.54, 1.807) is 0 Å². The Labute approximate surface area is 85.4 Å². The minimum absolute atomic E-state index is 0.154. The maximum absolute atomic E-state index is 11.6. The first-order chi connectivity index (χ1) is 6.86. The number of ketones is 1. The van der Waals surface area contributed by atoms with Gasteiger partial charge in [-0.3, -0.25) is 4.79 Å². The lowest BCUT2D eigenvalue weighted by molar-refractivity contribution is -0.131. The molecule has 0 amide bonds. The predicted octanol–water partition coefficient (Wildman–Crippen LogP) is 1.08. The number of hydrogen-bond donors (Lipinski definition) is 0. The topological polar surface area (TPSA) is 29.5 Å². The summed E-state index contributed by atoms with van der Waals surface area (Å²) < 4.78 is 5.35. The van der Waals surface area contributed by atoms with E-state index in [1.807, 2.05) is 0 Å². The van der Waals surface area contributed by atoms with Crippen LogP contribution in [0, 0.1) is 5.92 Å². The van der Waals surface area contributed by atoms with Gasteiger partial charge in [0, 0.05) is 13.0 Å². The maximum Gasteiger partial charge on any atom is 0.141 e. The smallest absolute Gasteiger partial charge is 0.141 e. The summed E-state index contributed by atoms with van der Waals surface area (Å²) in [6.45, 7) is 4.55. The lowest BCUT2D eigenvalue weighted by Crippen LogP contribution is -2.40. The molecule has 14 heavy (non-hydrogen) atoms. The molecule has 2 aliphatic rings. The number of carbonyl (C=O) groups excluding carboxylic acids is 1. The normalized spacial score (nSPS) is 30.6. The Bertz CT molecular complexity index is 199. The van der Waals surface area contributed by atoms with Gasteiger partial charge in [0.05, 0.1) is 19.1 Å². The van der Waals surface area contributed by atoms with Crippen molar-refractivity contribution in [3.05, 3.63) is 0 Å². The summed E-state index contributed by atoms with van der Waals surface area (Å²) >= 11 is 0.